The van der Waals surface area contributed by atoms with Crippen molar-refractivity contribution in [2.45, 2.75) is 25.4 Å². The van der Waals surface area contributed by atoms with Crippen molar-refractivity contribution >= 4 is 16.7 Å². The second-order valence-corrected chi connectivity index (χ2v) is 6.78. The number of anilines is 1. The van der Waals surface area contributed by atoms with Crippen LogP contribution in [0.1, 0.15) is 18.5 Å². The highest BCUT2D eigenvalue weighted by molar-refractivity contribution is 5.73. The van der Waals surface area contributed by atoms with Gasteiger partial charge in [-0.25, -0.2) is 4.98 Å². The smallest absolute Gasteiger partial charge is 0.120 e. The van der Waals surface area contributed by atoms with Crippen LogP contribution in [-0.2, 0) is 6.54 Å². The molecule has 0 unspecified atom stereocenters. The van der Waals surface area contributed by atoms with Crippen LogP contribution in [0.4, 0.5) is 5.69 Å². The summed E-state index contributed by atoms with van der Waals surface area (Å²) in [5, 5.41) is 3.63. The molecular formula is C21H24N4O. The van der Waals surface area contributed by atoms with E-state index in [9.17, 15) is 0 Å². The maximum absolute atomic E-state index is 5.30. The number of nitrogens with zero attached hydrogens (tertiary/aromatic N) is 3. The van der Waals surface area contributed by atoms with Gasteiger partial charge in [0.15, 0.2) is 0 Å². The summed E-state index contributed by atoms with van der Waals surface area (Å²) in [5.41, 5.74) is 4.10. The molecule has 0 bridgehead atoms. The number of piperidine rings is 1. The number of likely N-dealkylation sites (tertiary alicyclic amines) is 1. The number of nitrogens with one attached hydrogen (secondary N) is 1. The molecule has 1 N–H and O–H groups in total. The van der Waals surface area contributed by atoms with E-state index in [1.807, 2.05) is 42.6 Å². The average Bonchev–Trinajstić information content (AvgIpc) is 2.69. The number of fused-ring (bicyclic) bond motifs is 1. The molecule has 1 aliphatic heterocycles. The highest BCUT2D eigenvalue weighted by Crippen LogP contribution is 2.21. The second-order valence-electron chi connectivity index (χ2n) is 6.78. The van der Waals surface area contributed by atoms with Crippen molar-refractivity contribution in [2.24, 2.45) is 0 Å². The molecule has 5 nitrogen and oxygen atoms in total. The van der Waals surface area contributed by atoms with Gasteiger partial charge in [-0.2, -0.15) is 0 Å². The van der Waals surface area contributed by atoms with E-state index in [2.05, 4.69) is 27.3 Å². The Morgan fingerprint density at radius 1 is 1.08 bits per heavy atom. The molecule has 0 spiro atoms. The minimum Gasteiger partial charge on any atom is -0.497 e. The standard InChI is InChI=1S/C21H24N4O/c1-26-19-6-4-5-17(13-19)23-16-9-11-25(12-10-16)15-18-14-22-20-7-2-3-8-21(20)24-18/h2-8,13-14,16,23H,9-12,15H2,1H3. The Hall–Kier alpha value is -2.66. The van der Waals surface area contributed by atoms with Crippen LogP contribution in [0.25, 0.3) is 11.0 Å². The van der Waals surface area contributed by atoms with E-state index in [4.69, 9.17) is 9.72 Å². The Morgan fingerprint density at radius 2 is 1.88 bits per heavy atom. The molecule has 0 saturated carbocycles. The lowest BCUT2D eigenvalue weighted by atomic mass is 10.0. The van der Waals surface area contributed by atoms with Crippen LogP contribution in [0.3, 0.4) is 0 Å². The molecule has 1 fully saturated rings. The van der Waals surface area contributed by atoms with Gasteiger partial charge in [0.1, 0.15) is 5.75 Å². The van der Waals surface area contributed by atoms with E-state index in [0.29, 0.717) is 6.04 Å². The number of rotatable bonds is 5. The van der Waals surface area contributed by atoms with Crippen molar-refractivity contribution in [3.8, 4) is 5.75 Å². The fraction of sp³-hybridized carbons (Fsp3) is 0.333. The zero-order valence-corrected chi connectivity index (χ0v) is 15.1. The van der Waals surface area contributed by atoms with E-state index in [-0.39, 0.29) is 0 Å². The lowest BCUT2D eigenvalue weighted by Crippen LogP contribution is -2.38. The molecule has 3 aromatic rings. The summed E-state index contributed by atoms with van der Waals surface area (Å²) in [6.07, 6.45) is 4.15. The van der Waals surface area contributed by atoms with E-state index in [1.165, 1.54) is 0 Å². The average molecular weight is 348 g/mol. The summed E-state index contributed by atoms with van der Waals surface area (Å²) >= 11 is 0. The number of hydrogen-bond donors (Lipinski definition) is 1. The minimum absolute atomic E-state index is 0.501. The van der Waals surface area contributed by atoms with Crippen molar-refractivity contribution in [3.05, 3.63) is 60.4 Å². The number of ether oxygens (including phenoxy) is 1. The lowest BCUT2D eigenvalue weighted by Gasteiger charge is -2.32. The topological polar surface area (TPSA) is 50.3 Å². The van der Waals surface area contributed by atoms with Crippen molar-refractivity contribution < 1.29 is 4.74 Å². The molecule has 26 heavy (non-hydrogen) atoms. The van der Waals surface area contributed by atoms with Gasteiger partial charge in [0.2, 0.25) is 0 Å². The summed E-state index contributed by atoms with van der Waals surface area (Å²) in [6, 6.07) is 16.7. The van der Waals surface area contributed by atoms with E-state index >= 15 is 0 Å². The van der Waals surface area contributed by atoms with Crippen LogP contribution >= 0.6 is 0 Å². The third-order valence-corrected chi connectivity index (χ3v) is 4.91. The second kappa shape index (κ2) is 7.70. The highest BCUT2D eigenvalue weighted by atomic mass is 16.5. The van der Waals surface area contributed by atoms with Crippen LogP contribution in [0, 0.1) is 0 Å². The van der Waals surface area contributed by atoms with Crippen molar-refractivity contribution in [1.82, 2.24) is 14.9 Å². The fourth-order valence-corrected chi connectivity index (χ4v) is 3.48. The maximum atomic E-state index is 5.30. The van der Waals surface area contributed by atoms with Gasteiger partial charge < -0.3 is 10.1 Å². The summed E-state index contributed by atoms with van der Waals surface area (Å²) in [4.78, 5) is 11.7. The van der Waals surface area contributed by atoms with Crippen LogP contribution in [0.15, 0.2) is 54.7 Å². The molecule has 0 amide bonds. The third kappa shape index (κ3) is 3.94. The van der Waals surface area contributed by atoms with E-state index in [1.54, 1.807) is 7.11 Å². The maximum Gasteiger partial charge on any atom is 0.120 e. The Balaban J connectivity index is 1.32. The highest BCUT2D eigenvalue weighted by Gasteiger charge is 2.19. The van der Waals surface area contributed by atoms with Crippen LogP contribution < -0.4 is 10.1 Å². The van der Waals surface area contributed by atoms with Gasteiger partial charge in [0.25, 0.3) is 0 Å². The number of aromatic nitrogens is 2. The van der Waals surface area contributed by atoms with Crippen LogP contribution in [0.2, 0.25) is 0 Å². The molecule has 5 heteroatoms. The van der Waals surface area contributed by atoms with E-state index in [0.717, 1.165) is 60.6 Å². The van der Waals surface area contributed by atoms with Crippen molar-refractivity contribution in [2.75, 3.05) is 25.5 Å². The number of para-hydroxylation sites is 2. The number of benzene rings is 2. The Morgan fingerprint density at radius 3 is 2.69 bits per heavy atom. The lowest BCUT2D eigenvalue weighted by molar-refractivity contribution is 0.209. The van der Waals surface area contributed by atoms with Gasteiger partial charge in [-0.3, -0.25) is 9.88 Å². The molecule has 134 valence electrons. The van der Waals surface area contributed by atoms with Crippen LogP contribution in [-0.4, -0.2) is 41.1 Å². The normalized spacial score (nSPS) is 15.9. The van der Waals surface area contributed by atoms with Gasteiger partial charge in [-0.05, 0) is 37.1 Å². The molecule has 1 aromatic heterocycles. The first kappa shape index (κ1) is 16.8. The first-order valence-corrected chi connectivity index (χ1v) is 9.14. The summed E-state index contributed by atoms with van der Waals surface area (Å²) in [7, 11) is 1.70. The summed E-state index contributed by atoms with van der Waals surface area (Å²) in [6.45, 7) is 3.00. The van der Waals surface area contributed by atoms with Gasteiger partial charge in [0.05, 0.1) is 30.0 Å². The largest absolute Gasteiger partial charge is 0.497 e. The Kier molecular flexibility index (Phi) is 4.97. The quantitative estimate of drug-likeness (QED) is 0.762. The zero-order chi connectivity index (χ0) is 17.8. The number of methoxy groups -OCH3 is 1. The first-order chi connectivity index (χ1) is 12.8. The monoisotopic (exact) mass is 348 g/mol. The first-order valence-electron chi connectivity index (χ1n) is 9.14. The van der Waals surface area contributed by atoms with Crippen molar-refractivity contribution in [1.29, 1.82) is 0 Å². The molecule has 2 heterocycles. The zero-order valence-electron chi connectivity index (χ0n) is 15.1. The SMILES string of the molecule is COc1cccc(NC2CCN(Cc3cnc4ccccc4n3)CC2)c1. The van der Waals surface area contributed by atoms with Gasteiger partial charge in [0, 0.05) is 37.4 Å². The van der Waals surface area contributed by atoms with Gasteiger partial charge in [-0.15, -0.1) is 0 Å². The molecule has 4 rings (SSSR count). The predicted octanol–water partition coefficient (Wildman–Crippen LogP) is 3.71. The summed E-state index contributed by atoms with van der Waals surface area (Å²) < 4.78 is 5.30. The molecule has 1 saturated heterocycles. The molecular weight excluding hydrogens is 324 g/mol. The Labute approximate surface area is 154 Å². The van der Waals surface area contributed by atoms with Gasteiger partial charge >= 0.3 is 0 Å². The van der Waals surface area contributed by atoms with Crippen molar-refractivity contribution in [3.63, 3.8) is 0 Å². The minimum atomic E-state index is 0.501. The number of hydrogen-bond acceptors (Lipinski definition) is 5. The predicted molar refractivity (Wildman–Crippen MR) is 104 cm³/mol. The molecule has 2 aromatic carbocycles. The Bertz CT molecular complexity index is 875. The van der Waals surface area contributed by atoms with Crippen LogP contribution in [0.5, 0.6) is 5.75 Å². The summed E-state index contributed by atoms with van der Waals surface area (Å²) in [5.74, 6) is 0.891. The molecule has 0 aliphatic carbocycles. The molecule has 1 aliphatic rings. The van der Waals surface area contributed by atoms with E-state index < -0.39 is 0 Å². The molecule has 0 radical (unpaired) electrons. The third-order valence-electron chi connectivity index (χ3n) is 4.91. The van der Waals surface area contributed by atoms with Gasteiger partial charge in [-0.1, -0.05) is 18.2 Å². The molecule has 0 atom stereocenters. The fourth-order valence-electron chi connectivity index (χ4n) is 3.48.